The summed E-state index contributed by atoms with van der Waals surface area (Å²) in [5.41, 5.74) is 0. The Labute approximate surface area is 94.9 Å². The van der Waals surface area contributed by atoms with Gasteiger partial charge in [0.25, 0.3) is 11.9 Å². The summed E-state index contributed by atoms with van der Waals surface area (Å²) >= 11 is 0. The standard InChI is InChI=1S/C9H15NO5Si/c1-8(12)14-16(3,15-9(2)13)6-4-5-10-7-11/h4-6H2,1-3H3. The smallest absolute Gasteiger partial charge is 0.461 e. The summed E-state index contributed by atoms with van der Waals surface area (Å²) in [6, 6.07) is 0.414. The summed E-state index contributed by atoms with van der Waals surface area (Å²) in [7, 11) is -2.81. The molecule has 7 heteroatoms. The van der Waals surface area contributed by atoms with E-state index in [0.29, 0.717) is 12.5 Å². The van der Waals surface area contributed by atoms with Gasteiger partial charge in [-0.3, -0.25) is 9.59 Å². The first-order valence-corrected chi connectivity index (χ1v) is 7.35. The molecule has 0 heterocycles. The number of nitrogens with zero attached hydrogens (tertiary/aromatic N) is 1. The first-order chi connectivity index (χ1) is 7.39. The second kappa shape index (κ2) is 6.92. The van der Waals surface area contributed by atoms with E-state index in [4.69, 9.17) is 8.85 Å². The van der Waals surface area contributed by atoms with Crippen molar-refractivity contribution in [2.45, 2.75) is 32.9 Å². The molecule has 0 spiro atoms. The molecule has 0 radical (unpaired) electrons. The van der Waals surface area contributed by atoms with Gasteiger partial charge in [0.15, 0.2) is 0 Å². The van der Waals surface area contributed by atoms with E-state index in [1.807, 2.05) is 0 Å². The van der Waals surface area contributed by atoms with E-state index >= 15 is 0 Å². The number of isocyanates is 1. The van der Waals surface area contributed by atoms with Crippen molar-refractivity contribution in [2.24, 2.45) is 4.99 Å². The number of carbonyl (C=O) groups is 2. The summed E-state index contributed by atoms with van der Waals surface area (Å²) in [5.74, 6) is -0.955. The lowest BCUT2D eigenvalue weighted by Gasteiger charge is -2.24. The van der Waals surface area contributed by atoms with Crippen LogP contribution in [0, 0.1) is 0 Å². The number of hydrogen-bond acceptors (Lipinski definition) is 6. The van der Waals surface area contributed by atoms with Crippen LogP contribution in [0.5, 0.6) is 0 Å². The first kappa shape index (κ1) is 14.5. The fraction of sp³-hybridized carbons (Fsp3) is 0.667. The van der Waals surface area contributed by atoms with Crippen LogP contribution in [0.4, 0.5) is 0 Å². The molecule has 0 saturated carbocycles. The summed E-state index contributed by atoms with van der Waals surface area (Å²) in [6.07, 6.45) is 1.92. The molecule has 0 aliphatic heterocycles. The topological polar surface area (TPSA) is 82.0 Å². The Bertz CT molecular complexity index is 295. The van der Waals surface area contributed by atoms with E-state index in [0.717, 1.165) is 0 Å². The second-order valence-corrected chi connectivity index (χ2v) is 6.57. The Morgan fingerprint density at radius 2 is 1.75 bits per heavy atom. The third-order valence-electron chi connectivity index (χ3n) is 1.68. The first-order valence-electron chi connectivity index (χ1n) is 4.82. The monoisotopic (exact) mass is 245 g/mol. The Hall–Kier alpha value is -1.46. The van der Waals surface area contributed by atoms with Crippen LogP contribution in [0.15, 0.2) is 4.99 Å². The summed E-state index contributed by atoms with van der Waals surface area (Å²) in [4.78, 5) is 34.9. The quantitative estimate of drug-likeness (QED) is 0.300. The van der Waals surface area contributed by atoms with Crippen molar-refractivity contribution in [2.75, 3.05) is 6.54 Å². The molecule has 0 aliphatic rings. The van der Waals surface area contributed by atoms with Crippen LogP contribution in [0.25, 0.3) is 0 Å². The van der Waals surface area contributed by atoms with Crippen molar-refractivity contribution in [3.8, 4) is 0 Å². The Morgan fingerprint density at radius 3 is 2.12 bits per heavy atom. The molecule has 90 valence electrons. The number of carbonyl (C=O) groups excluding carboxylic acids is 3. The number of rotatable bonds is 6. The molecule has 0 rings (SSSR count). The zero-order valence-corrected chi connectivity index (χ0v) is 10.6. The number of aliphatic imine (C=N–C) groups is 1. The highest BCUT2D eigenvalue weighted by atomic mass is 28.4. The predicted molar refractivity (Wildman–Crippen MR) is 57.6 cm³/mol. The van der Waals surface area contributed by atoms with Gasteiger partial charge in [-0.05, 0) is 6.42 Å². The molecule has 0 amide bonds. The van der Waals surface area contributed by atoms with E-state index in [-0.39, 0.29) is 6.54 Å². The van der Waals surface area contributed by atoms with Gasteiger partial charge in [0.2, 0.25) is 6.08 Å². The molecule has 16 heavy (non-hydrogen) atoms. The van der Waals surface area contributed by atoms with E-state index in [9.17, 15) is 14.4 Å². The highest BCUT2D eigenvalue weighted by Gasteiger charge is 2.37. The van der Waals surface area contributed by atoms with Gasteiger partial charge in [-0.1, -0.05) is 0 Å². The van der Waals surface area contributed by atoms with E-state index in [2.05, 4.69) is 4.99 Å². The van der Waals surface area contributed by atoms with Crippen LogP contribution in [0.2, 0.25) is 12.6 Å². The molecular formula is C9H15NO5Si. The Kier molecular flexibility index (Phi) is 6.29. The minimum atomic E-state index is -2.81. The van der Waals surface area contributed by atoms with Crippen LogP contribution < -0.4 is 0 Å². The SMILES string of the molecule is CC(=O)O[Si](C)(CCCN=C=O)OC(C)=O. The minimum Gasteiger partial charge on any atom is -0.485 e. The summed E-state index contributed by atoms with van der Waals surface area (Å²) in [6.45, 7) is 4.44. The third-order valence-corrected chi connectivity index (χ3v) is 4.38. The molecule has 0 N–H and O–H groups in total. The molecule has 0 aromatic rings. The van der Waals surface area contributed by atoms with Crippen LogP contribution in [0.3, 0.4) is 0 Å². The van der Waals surface area contributed by atoms with Crippen molar-refractivity contribution < 1.29 is 23.2 Å². The van der Waals surface area contributed by atoms with Crippen molar-refractivity contribution in [1.82, 2.24) is 0 Å². The second-order valence-electron chi connectivity index (χ2n) is 3.40. The fourth-order valence-electron chi connectivity index (χ4n) is 1.26. The molecule has 0 aliphatic carbocycles. The highest BCUT2D eigenvalue weighted by Crippen LogP contribution is 2.16. The van der Waals surface area contributed by atoms with Crippen molar-refractivity contribution in [3.63, 3.8) is 0 Å². The molecule has 0 aromatic carbocycles. The normalized spacial score (nSPS) is 10.2. The summed E-state index contributed by atoms with van der Waals surface area (Å²) in [5, 5.41) is 0. The molecule has 0 fully saturated rings. The average Bonchev–Trinajstić information content (AvgIpc) is 2.09. The average molecular weight is 245 g/mol. The zero-order chi connectivity index (χ0) is 12.6. The van der Waals surface area contributed by atoms with Crippen LogP contribution in [-0.4, -0.2) is 33.1 Å². The van der Waals surface area contributed by atoms with E-state index < -0.39 is 20.5 Å². The van der Waals surface area contributed by atoms with Crippen molar-refractivity contribution in [1.29, 1.82) is 0 Å². The Balaban J connectivity index is 4.34. The molecule has 0 bridgehead atoms. The lowest BCUT2D eigenvalue weighted by Crippen LogP contribution is -2.41. The van der Waals surface area contributed by atoms with E-state index in [1.54, 1.807) is 6.55 Å². The molecule has 0 unspecified atom stereocenters. The molecule has 0 aromatic heterocycles. The number of hydrogen-bond donors (Lipinski definition) is 0. The molecular weight excluding hydrogens is 230 g/mol. The minimum absolute atomic E-state index is 0.286. The van der Waals surface area contributed by atoms with Gasteiger partial charge in [0.05, 0.1) is 6.54 Å². The largest absolute Gasteiger partial charge is 0.485 e. The van der Waals surface area contributed by atoms with Gasteiger partial charge in [-0.15, -0.1) is 0 Å². The van der Waals surface area contributed by atoms with Crippen LogP contribution in [0.1, 0.15) is 20.3 Å². The maximum Gasteiger partial charge on any atom is 0.461 e. The lowest BCUT2D eigenvalue weighted by atomic mass is 10.5. The zero-order valence-electron chi connectivity index (χ0n) is 9.61. The van der Waals surface area contributed by atoms with Gasteiger partial charge >= 0.3 is 8.56 Å². The predicted octanol–water partition coefficient (Wildman–Crippen LogP) is 0.910. The fourth-order valence-corrected chi connectivity index (χ4v) is 3.52. The lowest BCUT2D eigenvalue weighted by molar-refractivity contribution is -0.138. The highest BCUT2D eigenvalue weighted by molar-refractivity contribution is 6.69. The summed E-state index contributed by atoms with van der Waals surface area (Å²) < 4.78 is 10.1. The maximum atomic E-state index is 10.9. The van der Waals surface area contributed by atoms with Crippen molar-refractivity contribution in [3.05, 3.63) is 0 Å². The van der Waals surface area contributed by atoms with Gasteiger partial charge in [-0.25, -0.2) is 9.79 Å². The Morgan fingerprint density at radius 1 is 1.25 bits per heavy atom. The van der Waals surface area contributed by atoms with Crippen molar-refractivity contribution >= 4 is 26.6 Å². The van der Waals surface area contributed by atoms with Gasteiger partial charge in [0, 0.05) is 26.4 Å². The van der Waals surface area contributed by atoms with Gasteiger partial charge in [-0.2, -0.15) is 0 Å². The molecule has 0 atom stereocenters. The molecule has 6 nitrogen and oxygen atoms in total. The van der Waals surface area contributed by atoms with Crippen LogP contribution >= 0.6 is 0 Å². The molecule has 0 saturated heterocycles. The third kappa shape index (κ3) is 6.91. The maximum absolute atomic E-state index is 10.9. The van der Waals surface area contributed by atoms with Gasteiger partial charge < -0.3 is 8.85 Å². The van der Waals surface area contributed by atoms with Crippen LogP contribution in [-0.2, 0) is 23.2 Å². The van der Waals surface area contributed by atoms with Gasteiger partial charge in [0.1, 0.15) is 0 Å². The van der Waals surface area contributed by atoms with E-state index in [1.165, 1.54) is 19.9 Å².